The Morgan fingerprint density at radius 1 is 1.12 bits per heavy atom. The van der Waals surface area contributed by atoms with E-state index >= 15 is 0 Å². The molecule has 0 aromatic heterocycles. The third-order valence-corrected chi connectivity index (χ3v) is 9.56. The van der Waals surface area contributed by atoms with Crippen LogP contribution in [0, 0.1) is 17.3 Å². The van der Waals surface area contributed by atoms with Crippen molar-refractivity contribution in [2.75, 3.05) is 46.0 Å². The maximum atomic E-state index is 11.4. The fraction of sp³-hybridized carbons (Fsp3) is 1.00. The molecule has 4 fully saturated rings. The van der Waals surface area contributed by atoms with E-state index in [-0.39, 0.29) is 22.6 Å². The molecule has 3 aliphatic heterocycles. The summed E-state index contributed by atoms with van der Waals surface area (Å²) in [4.78, 5) is 2.70. The van der Waals surface area contributed by atoms with Crippen molar-refractivity contribution < 1.29 is 14.6 Å². The molecule has 3 atom stereocenters. The molecule has 6 heteroatoms. The van der Waals surface area contributed by atoms with E-state index in [4.69, 9.17) is 9.47 Å². The molecule has 4 aliphatic rings. The number of aliphatic hydroxyl groups is 1. The van der Waals surface area contributed by atoms with E-state index in [1.807, 2.05) is 0 Å². The van der Waals surface area contributed by atoms with Gasteiger partial charge in [0.2, 0.25) is 0 Å². The van der Waals surface area contributed by atoms with Crippen LogP contribution in [0.25, 0.3) is 0 Å². The van der Waals surface area contributed by atoms with Crippen LogP contribution >= 0.6 is 0 Å². The molecule has 1 saturated carbocycles. The molecule has 0 bridgehead atoms. The van der Waals surface area contributed by atoms with Gasteiger partial charge in [-0.3, -0.25) is 4.90 Å². The van der Waals surface area contributed by atoms with Gasteiger partial charge in [0, 0.05) is 62.7 Å². The van der Waals surface area contributed by atoms with Crippen LogP contribution in [0.1, 0.15) is 80.1 Å². The first kappa shape index (κ1) is 25.8. The fourth-order valence-corrected chi connectivity index (χ4v) is 6.12. The lowest BCUT2D eigenvalue weighted by atomic mass is 9.59. The van der Waals surface area contributed by atoms with E-state index in [9.17, 15) is 5.11 Å². The van der Waals surface area contributed by atoms with Crippen LogP contribution in [0.15, 0.2) is 0 Å². The highest BCUT2D eigenvalue weighted by Gasteiger charge is 2.54. The van der Waals surface area contributed by atoms with Crippen LogP contribution in [-0.4, -0.2) is 84.8 Å². The lowest BCUT2D eigenvalue weighted by molar-refractivity contribution is -0.201. The zero-order valence-corrected chi connectivity index (χ0v) is 22.2. The van der Waals surface area contributed by atoms with Crippen molar-refractivity contribution in [3.63, 3.8) is 0 Å². The zero-order valence-electron chi connectivity index (χ0n) is 22.2. The summed E-state index contributed by atoms with van der Waals surface area (Å²) in [7, 11) is 0. The van der Waals surface area contributed by atoms with Crippen LogP contribution < -0.4 is 10.6 Å². The van der Waals surface area contributed by atoms with Gasteiger partial charge in [0.15, 0.2) is 0 Å². The summed E-state index contributed by atoms with van der Waals surface area (Å²) < 4.78 is 11.7. The summed E-state index contributed by atoms with van der Waals surface area (Å²) in [6.45, 7) is 20.8. The number of rotatable bonds is 11. The van der Waals surface area contributed by atoms with Crippen LogP contribution in [0.2, 0.25) is 0 Å². The Kier molecular flexibility index (Phi) is 7.57. The molecule has 3 N–H and O–H groups in total. The van der Waals surface area contributed by atoms with Crippen molar-refractivity contribution in [3.8, 4) is 0 Å². The Morgan fingerprint density at radius 2 is 1.88 bits per heavy atom. The third kappa shape index (κ3) is 5.95. The molecule has 0 aromatic carbocycles. The molecule has 0 aromatic rings. The molecule has 1 aliphatic carbocycles. The quantitative estimate of drug-likeness (QED) is 0.436. The predicted molar refractivity (Wildman–Crippen MR) is 133 cm³/mol. The minimum atomic E-state index is -0.614. The maximum Gasteiger partial charge on any atom is 0.0747 e. The molecule has 2 unspecified atom stereocenters. The summed E-state index contributed by atoms with van der Waals surface area (Å²) in [5.74, 6) is 1.46. The molecule has 4 rings (SSSR count). The Morgan fingerprint density at radius 3 is 2.48 bits per heavy atom. The molecule has 0 radical (unpaired) electrons. The maximum absolute atomic E-state index is 11.4. The number of hydrogen-bond acceptors (Lipinski definition) is 6. The van der Waals surface area contributed by atoms with Gasteiger partial charge in [0.05, 0.1) is 24.9 Å². The van der Waals surface area contributed by atoms with Crippen molar-refractivity contribution in [1.82, 2.24) is 15.5 Å². The van der Waals surface area contributed by atoms with Crippen LogP contribution in [0.4, 0.5) is 0 Å². The Hall–Kier alpha value is -0.240. The van der Waals surface area contributed by atoms with Gasteiger partial charge >= 0.3 is 0 Å². The lowest BCUT2D eigenvalue weighted by Gasteiger charge is -2.55. The molecule has 0 amide bonds. The average molecular weight is 466 g/mol. The second-order valence-electron chi connectivity index (χ2n) is 13.6. The van der Waals surface area contributed by atoms with Gasteiger partial charge in [0.1, 0.15) is 0 Å². The number of ether oxygens (including phenoxy) is 2. The average Bonchev–Trinajstić information content (AvgIpc) is 3.22. The number of piperidine rings is 1. The van der Waals surface area contributed by atoms with E-state index in [1.54, 1.807) is 0 Å². The summed E-state index contributed by atoms with van der Waals surface area (Å²) in [6.07, 6.45) is 6.28. The van der Waals surface area contributed by atoms with Gasteiger partial charge in [0.25, 0.3) is 0 Å². The summed E-state index contributed by atoms with van der Waals surface area (Å²) in [5.41, 5.74) is -0.582. The second kappa shape index (κ2) is 9.67. The largest absolute Gasteiger partial charge is 0.389 e. The summed E-state index contributed by atoms with van der Waals surface area (Å²) in [5, 5.41) is 18.7. The van der Waals surface area contributed by atoms with Gasteiger partial charge in [-0.25, -0.2) is 0 Å². The molecule has 3 heterocycles. The Labute approximate surface area is 202 Å². The number of likely N-dealkylation sites (tertiary alicyclic amines) is 1. The van der Waals surface area contributed by atoms with Crippen molar-refractivity contribution in [3.05, 3.63) is 0 Å². The minimum absolute atomic E-state index is 0.0563. The first-order valence-corrected chi connectivity index (χ1v) is 13.5. The van der Waals surface area contributed by atoms with Gasteiger partial charge in [-0.05, 0) is 70.6 Å². The number of hydrogen-bond donors (Lipinski definition) is 3. The highest BCUT2D eigenvalue weighted by atomic mass is 16.5. The standard InChI is InChI=1S/C27H51N3O3/c1-24(2,9-10-26(5,6)30-11-7-23-21(17-30)16-28-23)27(31)13-22(14-27)33-19-25(3,4)29-15-20-8-12-32-18-20/h20-23,28-29,31H,7-19H2,1-6H3/t20-,21?,22?,23?,27?/m1/s1. The molecule has 33 heavy (non-hydrogen) atoms. The Balaban J connectivity index is 1.18. The van der Waals surface area contributed by atoms with Gasteiger partial charge in [-0.1, -0.05) is 13.8 Å². The Bertz CT molecular complexity index is 653. The van der Waals surface area contributed by atoms with E-state index in [0.29, 0.717) is 12.5 Å². The second-order valence-corrected chi connectivity index (χ2v) is 13.6. The van der Waals surface area contributed by atoms with E-state index in [1.165, 1.54) is 26.1 Å². The van der Waals surface area contributed by atoms with E-state index in [0.717, 1.165) is 63.8 Å². The number of nitrogens with zero attached hydrogens (tertiary/aromatic N) is 1. The van der Waals surface area contributed by atoms with Crippen LogP contribution in [0.3, 0.4) is 0 Å². The smallest absolute Gasteiger partial charge is 0.0747 e. The molecule has 192 valence electrons. The highest BCUT2D eigenvalue weighted by Crippen LogP contribution is 2.50. The van der Waals surface area contributed by atoms with Crippen LogP contribution in [0.5, 0.6) is 0 Å². The normalized spacial score (nSPS) is 35.7. The van der Waals surface area contributed by atoms with Crippen molar-refractivity contribution >= 4 is 0 Å². The van der Waals surface area contributed by atoms with Crippen molar-refractivity contribution in [2.45, 2.75) is 109 Å². The summed E-state index contributed by atoms with van der Waals surface area (Å²) >= 11 is 0. The SMILES string of the molecule is CC(C)(COC1CC(O)(C(C)(C)CCC(C)(C)N2CCC3NCC3C2)C1)NC[C@H]1CCOC1. The number of nitrogens with one attached hydrogen (secondary N) is 2. The highest BCUT2D eigenvalue weighted by molar-refractivity contribution is 5.06. The van der Waals surface area contributed by atoms with Gasteiger partial charge < -0.3 is 25.2 Å². The van der Waals surface area contributed by atoms with Crippen LogP contribution in [-0.2, 0) is 9.47 Å². The predicted octanol–water partition coefficient (Wildman–Crippen LogP) is 3.18. The van der Waals surface area contributed by atoms with Crippen molar-refractivity contribution in [1.29, 1.82) is 0 Å². The van der Waals surface area contributed by atoms with Crippen molar-refractivity contribution in [2.24, 2.45) is 17.3 Å². The molecule has 6 nitrogen and oxygen atoms in total. The molecular formula is C27H51N3O3. The first-order chi connectivity index (χ1) is 15.4. The summed E-state index contributed by atoms with van der Waals surface area (Å²) in [6, 6.07) is 0.762. The number of fused-ring (bicyclic) bond motifs is 1. The minimum Gasteiger partial charge on any atom is -0.389 e. The first-order valence-electron chi connectivity index (χ1n) is 13.5. The van der Waals surface area contributed by atoms with Gasteiger partial charge in [-0.2, -0.15) is 0 Å². The fourth-order valence-electron chi connectivity index (χ4n) is 6.12. The third-order valence-electron chi connectivity index (χ3n) is 9.56. The van der Waals surface area contributed by atoms with Gasteiger partial charge in [-0.15, -0.1) is 0 Å². The molecule has 3 saturated heterocycles. The van der Waals surface area contributed by atoms with E-state index in [2.05, 4.69) is 57.1 Å². The monoisotopic (exact) mass is 465 g/mol. The topological polar surface area (TPSA) is 66.0 Å². The zero-order chi connectivity index (χ0) is 23.9. The molecule has 0 spiro atoms. The lowest BCUT2D eigenvalue weighted by Crippen LogP contribution is -2.64. The molecular weight excluding hydrogens is 414 g/mol. The van der Waals surface area contributed by atoms with E-state index < -0.39 is 5.60 Å².